The number of nitrogens with zero attached hydrogens (tertiary/aromatic N) is 1. The smallest absolute Gasteiger partial charge is 0.0367 e. The van der Waals surface area contributed by atoms with Gasteiger partial charge in [-0.1, -0.05) is 43.9 Å². The first-order valence-corrected chi connectivity index (χ1v) is 8.82. The number of nitrogens with one attached hydrogen (secondary N) is 1. The Morgan fingerprint density at radius 3 is 2.43 bits per heavy atom. The van der Waals surface area contributed by atoms with Crippen LogP contribution >= 0.6 is 0 Å². The fraction of sp³-hybridized carbons (Fsp3) is 0.684. The van der Waals surface area contributed by atoms with Gasteiger partial charge >= 0.3 is 0 Å². The fourth-order valence-electron chi connectivity index (χ4n) is 4.01. The van der Waals surface area contributed by atoms with Crippen LogP contribution in [0.2, 0.25) is 0 Å². The Balaban J connectivity index is 1.66. The molecule has 2 heteroatoms. The lowest BCUT2D eigenvalue weighted by atomic mass is 9.91. The maximum atomic E-state index is 3.95. The van der Waals surface area contributed by atoms with E-state index in [-0.39, 0.29) is 0 Å². The number of benzene rings is 1. The zero-order valence-electron chi connectivity index (χ0n) is 13.6. The van der Waals surface area contributed by atoms with Crippen molar-refractivity contribution in [2.75, 3.05) is 18.0 Å². The third-order valence-electron chi connectivity index (χ3n) is 5.34. The molecule has 21 heavy (non-hydrogen) atoms. The second-order valence-electron chi connectivity index (χ2n) is 7.10. The highest BCUT2D eigenvalue weighted by molar-refractivity contribution is 5.48. The predicted molar refractivity (Wildman–Crippen MR) is 91.0 cm³/mol. The van der Waals surface area contributed by atoms with Gasteiger partial charge < -0.3 is 10.2 Å². The first-order chi connectivity index (χ1) is 10.2. The Morgan fingerprint density at radius 2 is 1.76 bits per heavy atom. The average Bonchev–Trinajstić information content (AvgIpc) is 3.00. The molecule has 2 nitrogen and oxygen atoms in total. The van der Waals surface area contributed by atoms with E-state index in [1.807, 2.05) is 0 Å². The van der Waals surface area contributed by atoms with Crippen LogP contribution in [0.25, 0.3) is 0 Å². The highest BCUT2D eigenvalue weighted by Gasteiger charge is 2.28. The summed E-state index contributed by atoms with van der Waals surface area (Å²) in [6, 6.07) is 10.5. The van der Waals surface area contributed by atoms with Gasteiger partial charge in [0.05, 0.1) is 0 Å². The maximum absolute atomic E-state index is 3.95. The molecule has 2 fully saturated rings. The summed E-state index contributed by atoms with van der Waals surface area (Å²) in [5, 5.41) is 3.95. The highest BCUT2D eigenvalue weighted by Crippen LogP contribution is 2.27. The molecular weight excluding hydrogens is 256 g/mol. The summed E-state index contributed by atoms with van der Waals surface area (Å²) in [5.74, 6) is 0.832. The minimum absolute atomic E-state index is 0.674. The monoisotopic (exact) mass is 286 g/mol. The van der Waals surface area contributed by atoms with E-state index < -0.39 is 0 Å². The molecule has 1 heterocycles. The number of anilines is 1. The highest BCUT2D eigenvalue weighted by atomic mass is 15.2. The molecule has 0 aromatic heterocycles. The largest absolute Gasteiger partial charge is 0.370 e. The Hall–Kier alpha value is -1.02. The van der Waals surface area contributed by atoms with Crippen molar-refractivity contribution in [3.8, 4) is 0 Å². The van der Waals surface area contributed by atoms with Crippen LogP contribution in [0, 0.1) is 12.8 Å². The quantitative estimate of drug-likeness (QED) is 0.895. The van der Waals surface area contributed by atoms with Crippen LogP contribution < -0.4 is 10.2 Å². The molecule has 3 rings (SSSR count). The summed E-state index contributed by atoms with van der Waals surface area (Å²) in [5.41, 5.74) is 2.75. The molecule has 1 saturated heterocycles. The van der Waals surface area contributed by atoms with Crippen molar-refractivity contribution < 1.29 is 0 Å². The van der Waals surface area contributed by atoms with E-state index in [9.17, 15) is 0 Å². The van der Waals surface area contributed by atoms with Crippen LogP contribution in [0.15, 0.2) is 24.3 Å². The van der Waals surface area contributed by atoms with Gasteiger partial charge in [-0.2, -0.15) is 0 Å². The molecule has 2 atom stereocenters. The van der Waals surface area contributed by atoms with Gasteiger partial charge in [-0.3, -0.25) is 0 Å². The maximum Gasteiger partial charge on any atom is 0.0367 e. The van der Waals surface area contributed by atoms with Gasteiger partial charge in [-0.15, -0.1) is 0 Å². The van der Waals surface area contributed by atoms with Gasteiger partial charge in [0.25, 0.3) is 0 Å². The van der Waals surface area contributed by atoms with Crippen LogP contribution in [0.5, 0.6) is 0 Å². The summed E-state index contributed by atoms with van der Waals surface area (Å²) >= 11 is 0. The van der Waals surface area contributed by atoms with Gasteiger partial charge in [0.1, 0.15) is 0 Å². The van der Waals surface area contributed by atoms with Crippen molar-refractivity contribution >= 4 is 5.69 Å². The number of hydrogen-bond acceptors (Lipinski definition) is 2. The topological polar surface area (TPSA) is 15.3 Å². The lowest BCUT2D eigenvalue weighted by Gasteiger charge is -2.40. The Labute approximate surface area is 129 Å². The van der Waals surface area contributed by atoms with E-state index in [0.717, 1.165) is 12.0 Å². The van der Waals surface area contributed by atoms with E-state index in [1.165, 1.54) is 62.9 Å². The molecule has 0 bridgehead atoms. The minimum atomic E-state index is 0.674. The van der Waals surface area contributed by atoms with E-state index in [2.05, 4.69) is 48.3 Å². The molecule has 1 saturated carbocycles. The molecule has 1 aromatic rings. The zero-order chi connectivity index (χ0) is 14.7. The van der Waals surface area contributed by atoms with Crippen LogP contribution in [-0.2, 0) is 0 Å². The van der Waals surface area contributed by atoms with Gasteiger partial charge in [0.2, 0.25) is 0 Å². The van der Waals surface area contributed by atoms with Crippen molar-refractivity contribution in [3.05, 3.63) is 29.8 Å². The van der Waals surface area contributed by atoms with E-state index in [1.54, 1.807) is 0 Å². The molecule has 1 N–H and O–H groups in total. The molecule has 0 amide bonds. The van der Waals surface area contributed by atoms with Crippen LogP contribution in [-0.4, -0.2) is 25.2 Å². The van der Waals surface area contributed by atoms with Crippen molar-refractivity contribution in [1.29, 1.82) is 0 Å². The zero-order valence-corrected chi connectivity index (χ0v) is 13.6. The van der Waals surface area contributed by atoms with Crippen molar-refractivity contribution in [1.82, 2.24) is 5.32 Å². The summed E-state index contributed by atoms with van der Waals surface area (Å²) < 4.78 is 0. The average molecular weight is 286 g/mol. The molecule has 0 radical (unpaired) electrons. The van der Waals surface area contributed by atoms with Crippen molar-refractivity contribution in [3.63, 3.8) is 0 Å². The van der Waals surface area contributed by atoms with Crippen LogP contribution in [0.4, 0.5) is 5.69 Å². The van der Waals surface area contributed by atoms with E-state index in [0.29, 0.717) is 6.04 Å². The van der Waals surface area contributed by atoms with Gasteiger partial charge in [0, 0.05) is 30.9 Å². The van der Waals surface area contributed by atoms with E-state index in [4.69, 9.17) is 0 Å². The number of rotatable bonds is 4. The molecule has 2 unspecified atom stereocenters. The van der Waals surface area contributed by atoms with Crippen molar-refractivity contribution in [2.24, 2.45) is 5.92 Å². The Kier molecular flexibility index (Phi) is 4.84. The molecule has 1 aliphatic carbocycles. The normalized spacial score (nSPS) is 27.2. The van der Waals surface area contributed by atoms with Gasteiger partial charge in [-0.05, 0) is 44.2 Å². The summed E-state index contributed by atoms with van der Waals surface area (Å²) in [6.45, 7) is 6.91. The number of piperidine rings is 1. The van der Waals surface area contributed by atoms with Crippen LogP contribution in [0.1, 0.15) is 51.0 Å². The molecule has 2 aliphatic rings. The molecule has 1 aliphatic heterocycles. The lowest BCUT2D eigenvalue weighted by Crippen LogP contribution is -2.51. The SMILES string of the molecule is CCC1CC(NC2CCCC2)CN(c2ccc(C)cc2)C1. The second kappa shape index (κ2) is 6.83. The second-order valence-corrected chi connectivity index (χ2v) is 7.10. The van der Waals surface area contributed by atoms with E-state index >= 15 is 0 Å². The third kappa shape index (κ3) is 3.79. The molecule has 116 valence electrons. The standard InChI is InChI=1S/C19H30N2/c1-3-16-12-18(20-17-6-4-5-7-17)14-21(13-16)19-10-8-15(2)9-11-19/h8-11,16-18,20H,3-7,12-14H2,1-2H3. The minimum Gasteiger partial charge on any atom is -0.370 e. The summed E-state index contributed by atoms with van der Waals surface area (Å²) in [7, 11) is 0. The van der Waals surface area contributed by atoms with Crippen molar-refractivity contribution in [2.45, 2.75) is 64.5 Å². The lowest BCUT2D eigenvalue weighted by molar-refractivity contribution is 0.304. The number of aryl methyl sites for hydroxylation is 1. The Bertz CT molecular complexity index is 433. The summed E-state index contributed by atoms with van der Waals surface area (Å²) in [4.78, 5) is 2.60. The number of hydrogen-bond donors (Lipinski definition) is 1. The Morgan fingerprint density at radius 1 is 1.05 bits per heavy atom. The van der Waals surface area contributed by atoms with Gasteiger partial charge in [-0.25, -0.2) is 0 Å². The molecule has 1 aromatic carbocycles. The summed E-state index contributed by atoms with van der Waals surface area (Å²) in [6.07, 6.45) is 8.27. The fourth-order valence-corrected chi connectivity index (χ4v) is 4.01. The first kappa shape index (κ1) is 14.9. The molecular formula is C19H30N2. The van der Waals surface area contributed by atoms with Gasteiger partial charge in [0.15, 0.2) is 0 Å². The predicted octanol–water partition coefficient (Wildman–Crippen LogP) is 4.13. The molecule has 0 spiro atoms. The van der Waals surface area contributed by atoms with Crippen LogP contribution in [0.3, 0.4) is 0 Å². The first-order valence-electron chi connectivity index (χ1n) is 8.82. The third-order valence-corrected chi connectivity index (χ3v) is 5.34.